The molecule has 1 N–H and O–H groups in total. The van der Waals surface area contributed by atoms with Crippen molar-refractivity contribution in [2.75, 3.05) is 26.4 Å². The van der Waals surface area contributed by atoms with Gasteiger partial charge in [-0.3, -0.25) is 14.8 Å². The zero-order valence-electron chi connectivity index (χ0n) is 14.7. The van der Waals surface area contributed by atoms with Gasteiger partial charge in [0.05, 0.1) is 32.6 Å². The van der Waals surface area contributed by atoms with E-state index in [2.05, 4.69) is 0 Å². The van der Waals surface area contributed by atoms with Crippen molar-refractivity contribution in [1.82, 2.24) is 0 Å². The molecule has 1 aromatic carbocycles. The Morgan fingerprint density at radius 1 is 1.16 bits per heavy atom. The fraction of sp³-hybridized carbons (Fsp3) is 0.444. The van der Waals surface area contributed by atoms with Crippen LogP contribution >= 0.6 is 0 Å². The van der Waals surface area contributed by atoms with Crippen molar-refractivity contribution >= 4 is 23.0 Å². The van der Waals surface area contributed by atoms with Gasteiger partial charge in [-0.2, -0.15) is 0 Å². The summed E-state index contributed by atoms with van der Waals surface area (Å²) in [6, 6.07) is 0.458. The maximum atomic E-state index is 12.4. The molecule has 0 saturated heterocycles. The van der Waals surface area contributed by atoms with Gasteiger partial charge in [-0.15, -0.1) is 0 Å². The van der Waals surface area contributed by atoms with Crippen LogP contribution in [0, 0.1) is 0 Å². The van der Waals surface area contributed by atoms with Crippen LogP contribution in [0.5, 0.6) is 5.75 Å². The maximum Gasteiger partial charge on any atom is 0.172 e. The van der Waals surface area contributed by atoms with E-state index < -0.39 is 11.8 Å². The topological polar surface area (TPSA) is 85.3 Å². The number of allylic oxidation sites excluding steroid dienone is 1. The number of hydrogen-bond donors (Lipinski definition) is 1. The molecule has 1 unspecified atom stereocenters. The van der Waals surface area contributed by atoms with Crippen LogP contribution in [-0.4, -0.2) is 44.1 Å². The highest BCUT2D eigenvalue weighted by atomic mass is 16.5. The largest absolute Gasteiger partial charge is 0.497 e. The summed E-state index contributed by atoms with van der Waals surface area (Å²) in [6.45, 7) is 1.29. The molecule has 1 aliphatic carbocycles. The summed E-state index contributed by atoms with van der Waals surface area (Å²) in [7, 11) is 4.66. The van der Waals surface area contributed by atoms with E-state index in [1.807, 2.05) is 0 Å². The van der Waals surface area contributed by atoms with Crippen LogP contribution < -0.4 is 9.80 Å². The van der Waals surface area contributed by atoms with Crippen LogP contribution in [0.4, 0.5) is 5.69 Å². The molecule has 0 fully saturated rings. The van der Waals surface area contributed by atoms with Gasteiger partial charge in [0.2, 0.25) is 0 Å². The molecule has 7 heteroatoms. The number of carbonyl (C=O) groups is 2. The van der Waals surface area contributed by atoms with Crippen molar-refractivity contribution in [3.63, 3.8) is 0 Å². The minimum absolute atomic E-state index is 0.0856. The Labute approximate surface area is 145 Å². The van der Waals surface area contributed by atoms with Crippen LogP contribution in [-0.2, 0) is 31.9 Å². The van der Waals surface area contributed by atoms with Crippen LogP contribution in [0.25, 0.3) is 5.76 Å². The van der Waals surface area contributed by atoms with Gasteiger partial charge < -0.3 is 14.2 Å². The first kappa shape index (κ1) is 17.3. The van der Waals surface area contributed by atoms with Crippen molar-refractivity contribution in [2.45, 2.75) is 32.2 Å². The van der Waals surface area contributed by atoms with Crippen molar-refractivity contribution in [3.05, 3.63) is 28.5 Å². The lowest BCUT2D eigenvalue weighted by Gasteiger charge is -2.35. The van der Waals surface area contributed by atoms with Crippen molar-refractivity contribution in [2.24, 2.45) is 0 Å². The predicted octanol–water partition coefficient (Wildman–Crippen LogP) is 1.88. The third-order valence-corrected chi connectivity index (χ3v) is 4.77. The van der Waals surface area contributed by atoms with Gasteiger partial charge in [0.25, 0.3) is 0 Å². The molecule has 1 atom stereocenters. The third-order valence-electron chi connectivity index (χ3n) is 4.77. The molecule has 0 aromatic heterocycles. The summed E-state index contributed by atoms with van der Waals surface area (Å²) in [6.07, 6.45) is 1.32. The molecule has 0 amide bonds. The number of rotatable bonds is 4. The second kappa shape index (κ2) is 6.40. The standard InChI is InChI=1S/C18H21NO6/c1-9(20)17-13(21)7-11-10-5-6-14(23-2)18(25-4)16(10)15(24-3)8-12(11)19(17)22/h8,17,22H,5-7H2,1-4H3. The van der Waals surface area contributed by atoms with Crippen LogP contribution in [0.2, 0.25) is 0 Å². The summed E-state index contributed by atoms with van der Waals surface area (Å²) >= 11 is 0. The number of methoxy groups -OCH3 is 3. The van der Waals surface area contributed by atoms with Gasteiger partial charge in [-0.05, 0) is 24.5 Å². The van der Waals surface area contributed by atoms with E-state index in [-0.39, 0.29) is 12.2 Å². The zero-order chi connectivity index (χ0) is 18.3. The van der Waals surface area contributed by atoms with Crippen molar-refractivity contribution in [1.29, 1.82) is 0 Å². The Bertz CT molecular complexity index is 782. The summed E-state index contributed by atoms with van der Waals surface area (Å²) < 4.78 is 16.4. The Morgan fingerprint density at radius 3 is 2.44 bits per heavy atom. The summed E-state index contributed by atoms with van der Waals surface area (Å²) in [5.41, 5.74) is 2.73. The molecule has 134 valence electrons. The lowest BCUT2D eigenvalue weighted by atomic mass is 9.83. The molecule has 1 heterocycles. The van der Waals surface area contributed by atoms with Gasteiger partial charge >= 0.3 is 0 Å². The van der Waals surface area contributed by atoms with Gasteiger partial charge in [0.1, 0.15) is 11.5 Å². The zero-order valence-corrected chi connectivity index (χ0v) is 14.7. The molecule has 0 spiro atoms. The number of fused-ring (bicyclic) bond motifs is 3. The molecule has 1 aliphatic heterocycles. The first-order chi connectivity index (χ1) is 11.9. The maximum absolute atomic E-state index is 12.4. The smallest absolute Gasteiger partial charge is 0.172 e. The molecule has 1 aromatic rings. The summed E-state index contributed by atoms with van der Waals surface area (Å²) in [4.78, 5) is 24.2. The van der Waals surface area contributed by atoms with Crippen LogP contribution in [0.15, 0.2) is 11.8 Å². The molecule has 0 radical (unpaired) electrons. The van der Waals surface area contributed by atoms with E-state index >= 15 is 0 Å². The second-order valence-corrected chi connectivity index (χ2v) is 6.09. The Kier molecular flexibility index (Phi) is 4.43. The highest BCUT2D eigenvalue weighted by molar-refractivity contribution is 6.11. The van der Waals surface area contributed by atoms with E-state index in [0.717, 1.165) is 16.2 Å². The fourth-order valence-corrected chi connectivity index (χ4v) is 3.67. The number of anilines is 1. The average molecular weight is 347 g/mol. The van der Waals surface area contributed by atoms with E-state index in [1.165, 1.54) is 14.0 Å². The predicted molar refractivity (Wildman–Crippen MR) is 89.7 cm³/mol. The molecule has 0 saturated carbocycles. The lowest BCUT2D eigenvalue weighted by Crippen LogP contribution is -2.48. The molecular formula is C18H21NO6. The summed E-state index contributed by atoms with van der Waals surface area (Å²) in [5.74, 6) is 1.05. The molecule has 0 bridgehead atoms. The van der Waals surface area contributed by atoms with Crippen molar-refractivity contribution in [3.8, 4) is 5.75 Å². The Hall–Kier alpha value is -2.54. The number of ketones is 2. The highest BCUT2D eigenvalue weighted by Crippen LogP contribution is 2.45. The molecule has 2 aliphatic rings. The van der Waals surface area contributed by atoms with Crippen LogP contribution in [0.3, 0.4) is 0 Å². The molecule has 7 nitrogen and oxygen atoms in total. The number of hydroxylamine groups is 1. The number of benzene rings is 1. The average Bonchev–Trinajstić information content (AvgIpc) is 2.59. The quantitative estimate of drug-likeness (QED) is 0.832. The first-order valence-electron chi connectivity index (χ1n) is 8.00. The number of Topliss-reactive ketones (excluding diaryl/α,β-unsaturated/α-hetero) is 2. The van der Waals surface area contributed by atoms with E-state index in [9.17, 15) is 14.8 Å². The second-order valence-electron chi connectivity index (χ2n) is 6.09. The summed E-state index contributed by atoms with van der Waals surface area (Å²) in [5, 5.41) is 11.2. The third kappa shape index (κ3) is 2.55. The van der Waals surface area contributed by atoms with Gasteiger partial charge in [0.15, 0.2) is 23.4 Å². The number of nitrogens with zero attached hydrogens (tertiary/aromatic N) is 1. The number of carbonyl (C=O) groups excluding carboxylic acids is 2. The SMILES string of the molecule is COC1=C(OC)c2c(OC)cc3c(c2CC1)CC(=O)C(C(C)=O)N3O. The van der Waals surface area contributed by atoms with Crippen molar-refractivity contribution < 1.29 is 29.0 Å². The monoisotopic (exact) mass is 347 g/mol. The minimum atomic E-state index is -1.18. The number of hydrogen-bond acceptors (Lipinski definition) is 7. The van der Waals surface area contributed by atoms with E-state index in [1.54, 1.807) is 20.3 Å². The van der Waals surface area contributed by atoms with E-state index in [0.29, 0.717) is 41.4 Å². The number of ether oxygens (including phenoxy) is 3. The van der Waals surface area contributed by atoms with Gasteiger partial charge in [-0.1, -0.05) is 0 Å². The Morgan fingerprint density at radius 2 is 1.88 bits per heavy atom. The van der Waals surface area contributed by atoms with Gasteiger partial charge in [-0.25, -0.2) is 5.06 Å². The molecular weight excluding hydrogens is 326 g/mol. The molecule has 25 heavy (non-hydrogen) atoms. The lowest BCUT2D eigenvalue weighted by molar-refractivity contribution is -0.129. The normalized spacial score (nSPS) is 19.3. The first-order valence-corrected chi connectivity index (χ1v) is 8.00. The minimum Gasteiger partial charge on any atom is -0.497 e. The molecule has 3 rings (SSSR count). The van der Waals surface area contributed by atoms with Gasteiger partial charge in [0, 0.05) is 18.9 Å². The fourth-order valence-electron chi connectivity index (χ4n) is 3.67. The Balaban J connectivity index is 2.26. The van der Waals surface area contributed by atoms with Crippen LogP contribution in [0.1, 0.15) is 30.0 Å². The van der Waals surface area contributed by atoms with E-state index in [4.69, 9.17) is 14.2 Å². The highest BCUT2D eigenvalue weighted by Gasteiger charge is 2.39.